The molecule has 0 amide bonds. The molecule has 2 atom stereocenters. The summed E-state index contributed by atoms with van der Waals surface area (Å²) in [6, 6.07) is 3.99. The van der Waals surface area contributed by atoms with Gasteiger partial charge in [0.05, 0.1) is 18.7 Å². The van der Waals surface area contributed by atoms with Gasteiger partial charge >= 0.3 is 0 Å². The average Bonchev–Trinajstić information content (AvgIpc) is 2.19. The number of nitriles is 2. The average molecular weight is 201 g/mol. The molecule has 15 heavy (non-hydrogen) atoms. The second kappa shape index (κ2) is 5.34. The third-order valence-corrected chi connectivity index (χ3v) is 2.49. The fourth-order valence-corrected chi connectivity index (χ4v) is 1.68. The van der Waals surface area contributed by atoms with Crippen LogP contribution in [0.25, 0.3) is 0 Å². The highest BCUT2D eigenvalue weighted by molar-refractivity contribution is 5.33. The van der Waals surface area contributed by atoms with Crippen LogP contribution >= 0.6 is 0 Å². The molecule has 1 aliphatic carbocycles. The highest BCUT2D eigenvalue weighted by Crippen LogP contribution is 2.20. The van der Waals surface area contributed by atoms with Gasteiger partial charge in [-0.3, -0.25) is 4.90 Å². The van der Waals surface area contributed by atoms with E-state index in [1.165, 1.54) is 0 Å². The van der Waals surface area contributed by atoms with Gasteiger partial charge in [-0.15, -0.1) is 0 Å². The number of hydrogen-bond donors (Lipinski definition) is 0. The minimum Gasteiger partial charge on any atom is -0.274 e. The summed E-state index contributed by atoms with van der Waals surface area (Å²) < 4.78 is 0. The molecule has 0 aromatic heterocycles. The van der Waals surface area contributed by atoms with Crippen molar-refractivity contribution in [2.24, 2.45) is 5.92 Å². The maximum Gasteiger partial charge on any atom is 0.124 e. The summed E-state index contributed by atoms with van der Waals surface area (Å²) in [5.74, 6) is 0.483. The van der Waals surface area contributed by atoms with Crippen molar-refractivity contribution in [3.63, 3.8) is 0 Å². The van der Waals surface area contributed by atoms with Crippen molar-refractivity contribution in [2.45, 2.75) is 19.4 Å². The number of nitrogens with zero attached hydrogens (tertiary/aromatic N) is 3. The first-order chi connectivity index (χ1) is 7.19. The Morgan fingerprint density at radius 1 is 1.60 bits per heavy atom. The summed E-state index contributed by atoms with van der Waals surface area (Å²) in [5, 5.41) is 17.7. The van der Waals surface area contributed by atoms with Crippen LogP contribution < -0.4 is 0 Å². The molecule has 1 aliphatic rings. The van der Waals surface area contributed by atoms with Crippen LogP contribution in [0.15, 0.2) is 23.8 Å². The fourth-order valence-electron chi connectivity index (χ4n) is 1.68. The summed E-state index contributed by atoms with van der Waals surface area (Å²) in [5.41, 5.74) is 1.01. The lowest BCUT2D eigenvalue weighted by molar-refractivity contribution is 0.353. The Balaban J connectivity index is 2.80. The van der Waals surface area contributed by atoms with Crippen molar-refractivity contribution in [2.75, 3.05) is 13.6 Å². The molecule has 0 saturated heterocycles. The van der Waals surface area contributed by atoms with Crippen LogP contribution in [0.5, 0.6) is 0 Å². The molecule has 2 unspecified atom stereocenters. The van der Waals surface area contributed by atoms with Gasteiger partial charge in [-0.1, -0.05) is 25.2 Å². The Labute approximate surface area is 90.9 Å². The minimum atomic E-state index is -0.302. The SMILES string of the molecule is CC1C=C(C(C#N)N(C)CC#N)C=CC1. The van der Waals surface area contributed by atoms with E-state index in [-0.39, 0.29) is 12.6 Å². The van der Waals surface area contributed by atoms with Gasteiger partial charge in [0.1, 0.15) is 6.04 Å². The molecule has 0 N–H and O–H groups in total. The number of rotatable bonds is 3. The Hall–Kier alpha value is -1.58. The summed E-state index contributed by atoms with van der Waals surface area (Å²) in [6.07, 6.45) is 7.22. The molecule has 0 aliphatic heterocycles. The molecule has 0 heterocycles. The first-order valence-electron chi connectivity index (χ1n) is 5.04. The van der Waals surface area contributed by atoms with Crippen molar-refractivity contribution < 1.29 is 0 Å². The van der Waals surface area contributed by atoms with Crippen molar-refractivity contribution in [3.8, 4) is 12.1 Å². The number of hydrogen-bond acceptors (Lipinski definition) is 3. The maximum absolute atomic E-state index is 9.09. The predicted octanol–water partition coefficient (Wildman–Crippen LogP) is 1.86. The van der Waals surface area contributed by atoms with E-state index in [0.717, 1.165) is 12.0 Å². The van der Waals surface area contributed by atoms with Gasteiger partial charge in [0, 0.05) is 0 Å². The Bertz CT molecular complexity index is 354. The van der Waals surface area contributed by atoms with Crippen LogP contribution in [-0.2, 0) is 0 Å². The summed E-state index contributed by atoms with van der Waals surface area (Å²) >= 11 is 0. The van der Waals surface area contributed by atoms with Crippen molar-refractivity contribution in [1.29, 1.82) is 10.5 Å². The van der Waals surface area contributed by atoms with Crippen LogP contribution in [-0.4, -0.2) is 24.5 Å². The van der Waals surface area contributed by atoms with Crippen LogP contribution in [0.1, 0.15) is 13.3 Å². The normalized spacial score (nSPS) is 21.7. The van der Waals surface area contributed by atoms with Crippen molar-refractivity contribution >= 4 is 0 Å². The molecule has 0 spiro atoms. The van der Waals surface area contributed by atoms with Gasteiger partial charge in [0.2, 0.25) is 0 Å². The predicted molar refractivity (Wildman–Crippen MR) is 58.6 cm³/mol. The lowest BCUT2D eigenvalue weighted by Crippen LogP contribution is -2.32. The molecule has 0 aromatic carbocycles. The van der Waals surface area contributed by atoms with E-state index in [1.54, 1.807) is 11.9 Å². The van der Waals surface area contributed by atoms with E-state index in [1.807, 2.05) is 6.08 Å². The third kappa shape index (κ3) is 2.94. The number of likely N-dealkylation sites (N-methyl/N-ethyl adjacent to an activating group) is 1. The third-order valence-electron chi connectivity index (χ3n) is 2.49. The molecule has 0 fully saturated rings. The molecular formula is C12H15N3. The van der Waals surface area contributed by atoms with E-state index in [2.05, 4.69) is 31.2 Å². The lowest BCUT2D eigenvalue weighted by Gasteiger charge is -2.23. The number of allylic oxidation sites excluding steroid dienone is 2. The summed E-state index contributed by atoms with van der Waals surface area (Å²) in [6.45, 7) is 2.40. The summed E-state index contributed by atoms with van der Waals surface area (Å²) in [4.78, 5) is 1.76. The second-order valence-corrected chi connectivity index (χ2v) is 3.89. The Kier molecular flexibility index (Phi) is 4.09. The molecule has 1 rings (SSSR count). The Morgan fingerprint density at radius 2 is 2.33 bits per heavy atom. The minimum absolute atomic E-state index is 0.276. The van der Waals surface area contributed by atoms with Gasteiger partial charge in [-0.2, -0.15) is 10.5 Å². The van der Waals surface area contributed by atoms with Crippen LogP contribution in [0, 0.1) is 28.6 Å². The van der Waals surface area contributed by atoms with Gasteiger partial charge < -0.3 is 0 Å². The van der Waals surface area contributed by atoms with E-state index >= 15 is 0 Å². The molecule has 3 nitrogen and oxygen atoms in total. The smallest absolute Gasteiger partial charge is 0.124 e. The lowest BCUT2D eigenvalue weighted by atomic mass is 9.94. The van der Waals surface area contributed by atoms with Gasteiger partial charge in [0.15, 0.2) is 0 Å². The van der Waals surface area contributed by atoms with Crippen LogP contribution in [0.3, 0.4) is 0 Å². The maximum atomic E-state index is 9.09. The van der Waals surface area contributed by atoms with Gasteiger partial charge in [-0.05, 0) is 25.0 Å². The molecule has 0 radical (unpaired) electrons. The van der Waals surface area contributed by atoms with Gasteiger partial charge in [-0.25, -0.2) is 0 Å². The first kappa shape index (κ1) is 11.5. The van der Waals surface area contributed by atoms with Crippen molar-refractivity contribution in [3.05, 3.63) is 23.8 Å². The molecule has 0 aromatic rings. The van der Waals surface area contributed by atoms with Crippen LogP contribution in [0.2, 0.25) is 0 Å². The molecule has 3 heteroatoms. The Morgan fingerprint density at radius 3 is 2.87 bits per heavy atom. The first-order valence-corrected chi connectivity index (χ1v) is 5.04. The van der Waals surface area contributed by atoms with E-state index in [9.17, 15) is 0 Å². The molecule has 0 bridgehead atoms. The van der Waals surface area contributed by atoms with Crippen molar-refractivity contribution in [1.82, 2.24) is 4.90 Å². The zero-order chi connectivity index (χ0) is 11.3. The van der Waals surface area contributed by atoms with Gasteiger partial charge in [0.25, 0.3) is 0 Å². The fraction of sp³-hybridized carbons (Fsp3) is 0.500. The quantitative estimate of drug-likeness (QED) is 0.655. The molecule has 78 valence electrons. The molecular weight excluding hydrogens is 186 g/mol. The van der Waals surface area contributed by atoms with E-state index in [4.69, 9.17) is 10.5 Å². The molecule has 0 saturated carbocycles. The largest absolute Gasteiger partial charge is 0.274 e. The zero-order valence-corrected chi connectivity index (χ0v) is 9.14. The van der Waals surface area contributed by atoms with E-state index in [0.29, 0.717) is 5.92 Å². The topological polar surface area (TPSA) is 50.8 Å². The standard InChI is InChI=1S/C12H15N3/c1-10-4-3-5-11(8-10)12(9-14)15(2)7-6-13/h3,5,8,10,12H,4,7H2,1-2H3. The second-order valence-electron chi connectivity index (χ2n) is 3.89. The highest BCUT2D eigenvalue weighted by Gasteiger charge is 2.19. The monoisotopic (exact) mass is 201 g/mol. The van der Waals surface area contributed by atoms with Crippen LogP contribution in [0.4, 0.5) is 0 Å². The highest BCUT2D eigenvalue weighted by atomic mass is 15.1. The van der Waals surface area contributed by atoms with E-state index < -0.39 is 0 Å². The zero-order valence-electron chi connectivity index (χ0n) is 9.14. The summed E-state index contributed by atoms with van der Waals surface area (Å²) in [7, 11) is 1.80.